The summed E-state index contributed by atoms with van der Waals surface area (Å²) in [6, 6.07) is 2.60. The Hall–Kier alpha value is -2.11. The van der Waals surface area contributed by atoms with Gasteiger partial charge in [0, 0.05) is 0 Å². The summed E-state index contributed by atoms with van der Waals surface area (Å²) in [6.07, 6.45) is 0. The first-order valence-electron chi connectivity index (χ1n) is 4.44. The second-order valence-corrected chi connectivity index (χ2v) is 3.15. The first-order chi connectivity index (χ1) is 7.86. The Morgan fingerprint density at radius 3 is 2.29 bits per heavy atom. The fourth-order valence-corrected chi connectivity index (χ4v) is 1.21. The molecule has 0 saturated carbocycles. The van der Waals surface area contributed by atoms with Gasteiger partial charge in [0.1, 0.15) is 5.57 Å². The van der Waals surface area contributed by atoms with E-state index < -0.39 is 40.4 Å². The molecule has 0 spiro atoms. The Morgan fingerprint density at radius 1 is 1.24 bits per heavy atom. The Morgan fingerprint density at radius 2 is 1.82 bits per heavy atom. The van der Waals surface area contributed by atoms with E-state index in [-0.39, 0.29) is 0 Å². The molecule has 3 nitrogen and oxygen atoms in total. The zero-order valence-corrected chi connectivity index (χ0v) is 8.63. The van der Waals surface area contributed by atoms with Crippen molar-refractivity contribution in [3.63, 3.8) is 0 Å². The molecular weight excluding hydrogens is 237 g/mol. The number of Topliss-reactive ketones (excluding diaryl/α,β-unsaturated/α-hetero) is 1. The normalized spacial score (nSPS) is 12.0. The van der Waals surface area contributed by atoms with Crippen LogP contribution >= 0.6 is 0 Å². The molecule has 1 aromatic rings. The fourth-order valence-electron chi connectivity index (χ4n) is 1.21. The molecule has 0 aromatic heterocycles. The molecule has 1 aromatic carbocycles. The number of rotatable bonds is 3. The largest absolute Gasteiger partial charge is 0.477 e. The predicted octanol–water partition coefficient (Wildman–Crippen LogP) is 2.32. The van der Waals surface area contributed by atoms with Crippen LogP contribution in [0.5, 0.6) is 0 Å². The van der Waals surface area contributed by atoms with Crippen molar-refractivity contribution < 1.29 is 27.9 Å². The molecule has 1 rings (SSSR count). The van der Waals surface area contributed by atoms with E-state index in [1.807, 2.05) is 0 Å². The summed E-state index contributed by atoms with van der Waals surface area (Å²) >= 11 is 0. The van der Waals surface area contributed by atoms with Crippen molar-refractivity contribution in [2.24, 2.45) is 0 Å². The third-order valence-corrected chi connectivity index (χ3v) is 1.97. The molecule has 1 N–H and O–H groups in total. The molecule has 0 radical (unpaired) electrons. The number of carboxylic acids is 1. The van der Waals surface area contributed by atoms with Crippen LogP contribution < -0.4 is 0 Å². The van der Waals surface area contributed by atoms with Gasteiger partial charge in [-0.05, 0) is 19.1 Å². The number of hydrogen-bond donors (Lipinski definition) is 1. The Balaban J connectivity index is 3.50. The number of halogens is 3. The minimum Gasteiger partial charge on any atom is -0.477 e. The van der Waals surface area contributed by atoms with Crippen molar-refractivity contribution in [1.29, 1.82) is 0 Å². The maximum Gasteiger partial charge on any atom is 0.342 e. The van der Waals surface area contributed by atoms with E-state index in [2.05, 4.69) is 0 Å². The predicted molar refractivity (Wildman–Crippen MR) is 52.7 cm³/mol. The SMILES string of the molecule is CC(=O)C(C(=O)O)=C(F)c1cccc(F)c1F. The van der Waals surface area contributed by atoms with Gasteiger partial charge in [0.2, 0.25) is 0 Å². The molecule has 90 valence electrons. The molecule has 0 amide bonds. The van der Waals surface area contributed by atoms with Crippen LogP contribution in [0.15, 0.2) is 23.8 Å². The van der Waals surface area contributed by atoms with Gasteiger partial charge in [0.25, 0.3) is 0 Å². The highest BCUT2D eigenvalue weighted by atomic mass is 19.2. The van der Waals surface area contributed by atoms with Crippen molar-refractivity contribution >= 4 is 17.6 Å². The van der Waals surface area contributed by atoms with Crippen molar-refractivity contribution in [2.45, 2.75) is 6.92 Å². The summed E-state index contributed by atoms with van der Waals surface area (Å²) in [7, 11) is 0. The van der Waals surface area contributed by atoms with Gasteiger partial charge in [0.15, 0.2) is 23.2 Å². The van der Waals surface area contributed by atoms with Crippen molar-refractivity contribution in [3.8, 4) is 0 Å². The Bertz CT molecular complexity index is 505. The molecule has 0 atom stereocenters. The van der Waals surface area contributed by atoms with E-state index in [1.165, 1.54) is 0 Å². The molecule has 0 saturated heterocycles. The smallest absolute Gasteiger partial charge is 0.342 e. The van der Waals surface area contributed by atoms with Crippen LogP contribution in [0.1, 0.15) is 12.5 Å². The quantitative estimate of drug-likeness (QED) is 0.504. The minimum atomic E-state index is -1.83. The zero-order chi connectivity index (χ0) is 13.2. The molecule has 0 heterocycles. The lowest BCUT2D eigenvalue weighted by Crippen LogP contribution is -2.11. The number of aliphatic carboxylic acids is 1. The van der Waals surface area contributed by atoms with Crippen LogP contribution in [0.2, 0.25) is 0 Å². The van der Waals surface area contributed by atoms with Crippen LogP contribution in [0.25, 0.3) is 5.83 Å². The lowest BCUT2D eigenvalue weighted by Gasteiger charge is -2.04. The summed E-state index contributed by atoms with van der Waals surface area (Å²) in [5.41, 5.74) is -2.10. The Labute approximate surface area is 94.2 Å². The number of benzene rings is 1. The summed E-state index contributed by atoms with van der Waals surface area (Å²) in [5, 5.41) is 8.60. The molecule has 0 unspecified atom stereocenters. The van der Waals surface area contributed by atoms with Gasteiger partial charge in [-0.3, -0.25) is 4.79 Å². The average molecular weight is 244 g/mol. The summed E-state index contributed by atoms with van der Waals surface area (Å²) in [6.45, 7) is 0.820. The highest BCUT2D eigenvalue weighted by molar-refractivity contribution is 6.20. The fraction of sp³-hybridized carbons (Fsp3) is 0.0909. The Kier molecular flexibility index (Phi) is 3.67. The van der Waals surface area contributed by atoms with Gasteiger partial charge in [-0.25, -0.2) is 18.0 Å². The first-order valence-corrected chi connectivity index (χ1v) is 4.44. The maximum atomic E-state index is 13.6. The molecule has 0 fully saturated rings. The van der Waals surface area contributed by atoms with Crippen LogP contribution in [0, 0.1) is 11.6 Å². The molecule has 0 aliphatic heterocycles. The van der Waals surface area contributed by atoms with E-state index in [0.717, 1.165) is 25.1 Å². The number of carbonyl (C=O) groups excluding carboxylic acids is 1. The second kappa shape index (κ2) is 4.82. The zero-order valence-electron chi connectivity index (χ0n) is 8.63. The lowest BCUT2D eigenvalue weighted by atomic mass is 10.1. The molecule has 6 heteroatoms. The second-order valence-electron chi connectivity index (χ2n) is 3.15. The maximum absolute atomic E-state index is 13.6. The van der Waals surface area contributed by atoms with E-state index in [0.29, 0.717) is 0 Å². The topological polar surface area (TPSA) is 54.4 Å². The van der Waals surface area contributed by atoms with Gasteiger partial charge >= 0.3 is 5.97 Å². The first kappa shape index (κ1) is 13.0. The average Bonchev–Trinajstić information content (AvgIpc) is 2.20. The summed E-state index contributed by atoms with van der Waals surface area (Å²) in [4.78, 5) is 21.5. The van der Waals surface area contributed by atoms with Gasteiger partial charge in [-0.15, -0.1) is 0 Å². The number of hydrogen-bond acceptors (Lipinski definition) is 2. The van der Waals surface area contributed by atoms with Gasteiger partial charge in [0.05, 0.1) is 5.56 Å². The number of carbonyl (C=O) groups is 2. The summed E-state index contributed by atoms with van der Waals surface area (Å²) < 4.78 is 39.6. The molecule has 17 heavy (non-hydrogen) atoms. The molecule has 0 bridgehead atoms. The van der Waals surface area contributed by atoms with Crippen molar-refractivity contribution in [2.75, 3.05) is 0 Å². The number of carboxylic acid groups (broad SMARTS) is 1. The van der Waals surface area contributed by atoms with Gasteiger partial charge in [-0.2, -0.15) is 0 Å². The summed E-state index contributed by atoms with van der Waals surface area (Å²) in [5.74, 6) is -7.38. The third kappa shape index (κ3) is 2.52. The monoisotopic (exact) mass is 244 g/mol. The van der Waals surface area contributed by atoms with Crippen LogP contribution in [0.4, 0.5) is 13.2 Å². The van der Waals surface area contributed by atoms with E-state index in [1.54, 1.807) is 0 Å². The third-order valence-electron chi connectivity index (χ3n) is 1.97. The van der Waals surface area contributed by atoms with Gasteiger partial charge in [-0.1, -0.05) is 6.07 Å². The minimum absolute atomic E-state index is 0.750. The molecular formula is C11H7F3O3. The van der Waals surface area contributed by atoms with Crippen molar-refractivity contribution in [3.05, 3.63) is 41.0 Å². The number of ketones is 1. The van der Waals surface area contributed by atoms with Crippen LogP contribution in [0.3, 0.4) is 0 Å². The highest BCUT2D eigenvalue weighted by Crippen LogP contribution is 2.25. The van der Waals surface area contributed by atoms with Crippen molar-refractivity contribution in [1.82, 2.24) is 0 Å². The van der Waals surface area contributed by atoms with Crippen LogP contribution in [-0.2, 0) is 9.59 Å². The van der Waals surface area contributed by atoms with E-state index in [9.17, 15) is 22.8 Å². The standard InChI is InChI=1S/C11H7F3O3/c1-5(15)8(11(16)17)10(14)6-3-2-4-7(12)9(6)13/h2-4H,1H3,(H,16,17). The molecule has 0 aliphatic rings. The van der Waals surface area contributed by atoms with Crippen LogP contribution in [-0.4, -0.2) is 16.9 Å². The van der Waals surface area contributed by atoms with Gasteiger partial charge < -0.3 is 5.11 Å². The molecule has 0 aliphatic carbocycles. The lowest BCUT2D eigenvalue weighted by molar-refractivity contribution is -0.134. The highest BCUT2D eigenvalue weighted by Gasteiger charge is 2.23. The van der Waals surface area contributed by atoms with E-state index >= 15 is 0 Å². The van der Waals surface area contributed by atoms with E-state index in [4.69, 9.17) is 5.11 Å².